The van der Waals surface area contributed by atoms with Crippen molar-refractivity contribution in [2.45, 2.75) is 6.92 Å². The Morgan fingerprint density at radius 1 is 1.12 bits per heavy atom. The average molecular weight is 357 g/mol. The van der Waals surface area contributed by atoms with Gasteiger partial charge in [0.05, 0.1) is 18.5 Å². The summed E-state index contributed by atoms with van der Waals surface area (Å²) in [7, 11) is 1.61. The van der Waals surface area contributed by atoms with Crippen molar-refractivity contribution in [2.75, 3.05) is 25.6 Å². The lowest BCUT2D eigenvalue weighted by Crippen LogP contribution is -2.25. The van der Waals surface area contributed by atoms with E-state index in [2.05, 4.69) is 15.8 Å². The highest BCUT2D eigenvalue weighted by atomic mass is 32.1. The van der Waals surface area contributed by atoms with E-state index in [1.165, 1.54) is 0 Å². The Hall–Kier alpha value is -2.80. The van der Waals surface area contributed by atoms with E-state index in [1.54, 1.807) is 7.11 Å². The van der Waals surface area contributed by atoms with E-state index < -0.39 is 0 Å². The number of fused-ring (bicyclic) bond motifs is 1. The Morgan fingerprint density at radius 3 is 2.68 bits per heavy atom. The summed E-state index contributed by atoms with van der Waals surface area (Å²) < 4.78 is 16.4. The van der Waals surface area contributed by atoms with Crippen molar-refractivity contribution in [1.82, 2.24) is 5.43 Å². The lowest BCUT2D eigenvalue weighted by Gasteiger charge is -2.18. The fraction of sp³-hybridized carbons (Fsp3) is 0.222. The Morgan fingerprint density at radius 2 is 1.88 bits per heavy atom. The summed E-state index contributed by atoms with van der Waals surface area (Å²) in [6, 6.07) is 13.3. The van der Waals surface area contributed by atoms with E-state index in [0.717, 1.165) is 28.5 Å². The maximum atomic E-state index is 5.59. The monoisotopic (exact) mass is 357 g/mol. The van der Waals surface area contributed by atoms with Crippen LogP contribution in [0.25, 0.3) is 0 Å². The molecular formula is C18H19N3O3S. The molecule has 25 heavy (non-hydrogen) atoms. The molecule has 0 atom stereocenters. The smallest absolute Gasteiger partial charge is 0.191 e. The van der Waals surface area contributed by atoms with Gasteiger partial charge in [-0.3, -0.25) is 5.43 Å². The Labute approximate surface area is 151 Å². The van der Waals surface area contributed by atoms with Crippen LogP contribution in [0, 0.1) is 0 Å². The van der Waals surface area contributed by atoms with Crippen molar-refractivity contribution in [3.8, 4) is 17.2 Å². The van der Waals surface area contributed by atoms with E-state index in [4.69, 9.17) is 26.4 Å². The number of thiocarbonyl (C=S) groups is 1. The van der Waals surface area contributed by atoms with Gasteiger partial charge in [-0.1, -0.05) is 12.1 Å². The molecule has 2 aromatic carbocycles. The van der Waals surface area contributed by atoms with Crippen molar-refractivity contribution in [2.24, 2.45) is 5.10 Å². The highest BCUT2D eigenvalue weighted by molar-refractivity contribution is 7.80. The molecule has 130 valence electrons. The number of nitrogens with one attached hydrogen (secondary N) is 2. The number of methoxy groups -OCH3 is 1. The lowest BCUT2D eigenvalue weighted by molar-refractivity contribution is 0.171. The molecule has 0 amide bonds. The van der Waals surface area contributed by atoms with Gasteiger partial charge in [-0.2, -0.15) is 5.10 Å². The van der Waals surface area contributed by atoms with Gasteiger partial charge >= 0.3 is 0 Å². The molecule has 0 aromatic heterocycles. The number of ether oxygens (including phenoxy) is 3. The summed E-state index contributed by atoms with van der Waals surface area (Å²) in [5, 5.41) is 7.76. The Bertz CT molecular complexity index is 808. The van der Waals surface area contributed by atoms with Gasteiger partial charge in [0, 0.05) is 5.56 Å². The number of rotatable bonds is 4. The van der Waals surface area contributed by atoms with Gasteiger partial charge in [-0.15, -0.1) is 0 Å². The zero-order valence-corrected chi connectivity index (χ0v) is 14.9. The first kappa shape index (κ1) is 17.0. The summed E-state index contributed by atoms with van der Waals surface area (Å²) in [6.07, 6.45) is 0. The number of hydrogen-bond donors (Lipinski definition) is 2. The SMILES string of the molecule is COc1ccccc1NC(=S)N/N=C(\C)c1ccc2c(c1)OCCO2. The van der Waals surface area contributed by atoms with E-state index >= 15 is 0 Å². The quantitative estimate of drug-likeness (QED) is 0.498. The van der Waals surface area contributed by atoms with Gasteiger partial charge in [-0.25, -0.2) is 0 Å². The van der Waals surface area contributed by atoms with Crippen molar-refractivity contribution < 1.29 is 14.2 Å². The van der Waals surface area contributed by atoms with Crippen molar-refractivity contribution >= 4 is 28.7 Å². The topological polar surface area (TPSA) is 64.1 Å². The number of benzene rings is 2. The van der Waals surface area contributed by atoms with E-state index in [-0.39, 0.29) is 0 Å². The molecule has 0 saturated heterocycles. The zero-order valence-electron chi connectivity index (χ0n) is 14.0. The molecular weight excluding hydrogens is 338 g/mol. The standard InChI is InChI=1S/C18H19N3O3S/c1-12(13-7-8-16-17(11-13)24-10-9-23-16)20-21-18(25)19-14-5-3-4-6-15(14)22-2/h3-8,11H,9-10H2,1-2H3,(H2,19,21,25)/b20-12+. The minimum Gasteiger partial charge on any atom is -0.495 e. The van der Waals surface area contributed by atoms with Crippen LogP contribution in [0.15, 0.2) is 47.6 Å². The predicted molar refractivity (Wildman–Crippen MR) is 102 cm³/mol. The number of para-hydroxylation sites is 2. The fourth-order valence-corrected chi connectivity index (χ4v) is 2.52. The summed E-state index contributed by atoms with van der Waals surface area (Å²) in [5.74, 6) is 2.19. The zero-order chi connectivity index (χ0) is 17.6. The highest BCUT2D eigenvalue weighted by Crippen LogP contribution is 2.30. The second kappa shape index (κ2) is 7.85. The molecule has 0 bridgehead atoms. The second-order valence-electron chi connectivity index (χ2n) is 5.32. The normalized spacial score (nSPS) is 13.1. The Kier molecular flexibility index (Phi) is 5.35. The van der Waals surface area contributed by atoms with Crippen LogP contribution < -0.4 is 25.0 Å². The summed E-state index contributed by atoms with van der Waals surface area (Å²) in [6.45, 7) is 3.02. The highest BCUT2D eigenvalue weighted by Gasteiger charge is 2.12. The molecule has 0 radical (unpaired) electrons. The fourth-order valence-electron chi connectivity index (χ4n) is 2.37. The van der Waals surface area contributed by atoms with Gasteiger partial charge in [-0.05, 0) is 49.5 Å². The van der Waals surface area contributed by atoms with Crippen LogP contribution in [-0.2, 0) is 0 Å². The van der Waals surface area contributed by atoms with E-state index in [1.807, 2.05) is 49.4 Å². The summed E-state index contributed by atoms with van der Waals surface area (Å²) >= 11 is 5.28. The number of hydrogen-bond acceptors (Lipinski definition) is 5. The molecule has 0 spiro atoms. The number of nitrogens with zero attached hydrogens (tertiary/aromatic N) is 1. The van der Waals surface area contributed by atoms with Crippen LogP contribution in [0.4, 0.5) is 5.69 Å². The van der Waals surface area contributed by atoms with Crippen molar-refractivity contribution in [3.05, 3.63) is 48.0 Å². The van der Waals surface area contributed by atoms with Gasteiger partial charge in [0.15, 0.2) is 16.6 Å². The van der Waals surface area contributed by atoms with Crippen LogP contribution in [0.3, 0.4) is 0 Å². The maximum absolute atomic E-state index is 5.59. The van der Waals surface area contributed by atoms with E-state index in [0.29, 0.717) is 24.1 Å². The van der Waals surface area contributed by atoms with Crippen LogP contribution >= 0.6 is 12.2 Å². The molecule has 6 nitrogen and oxygen atoms in total. The number of anilines is 1. The third-order valence-electron chi connectivity index (χ3n) is 3.64. The lowest BCUT2D eigenvalue weighted by atomic mass is 10.1. The first-order chi connectivity index (χ1) is 12.2. The third kappa shape index (κ3) is 4.19. The van der Waals surface area contributed by atoms with E-state index in [9.17, 15) is 0 Å². The molecule has 0 saturated carbocycles. The molecule has 1 heterocycles. The first-order valence-electron chi connectivity index (χ1n) is 7.81. The number of hydrazone groups is 1. The summed E-state index contributed by atoms with van der Waals surface area (Å²) in [5.41, 5.74) is 5.32. The maximum Gasteiger partial charge on any atom is 0.191 e. The summed E-state index contributed by atoms with van der Waals surface area (Å²) in [4.78, 5) is 0. The molecule has 0 aliphatic carbocycles. The molecule has 0 fully saturated rings. The third-order valence-corrected chi connectivity index (χ3v) is 3.83. The van der Waals surface area contributed by atoms with Crippen LogP contribution in [0.5, 0.6) is 17.2 Å². The molecule has 2 N–H and O–H groups in total. The van der Waals surface area contributed by atoms with Gasteiger partial charge < -0.3 is 19.5 Å². The minimum absolute atomic E-state index is 0.376. The van der Waals surface area contributed by atoms with Crippen LogP contribution in [-0.4, -0.2) is 31.1 Å². The van der Waals surface area contributed by atoms with Crippen molar-refractivity contribution in [3.63, 3.8) is 0 Å². The van der Waals surface area contributed by atoms with Gasteiger partial charge in [0.25, 0.3) is 0 Å². The van der Waals surface area contributed by atoms with Crippen LogP contribution in [0.1, 0.15) is 12.5 Å². The minimum atomic E-state index is 0.376. The van der Waals surface area contributed by atoms with Crippen molar-refractivity contribution in [1.29, 1.82) is 0 Å². The van der Waals surface area contributed by atoms with Gasteiger partial charge in [0.2, 0.25) is 0 Å². The molecule has 0 unspecified atom stereocenters. The first-order valence-corrected chi connectivity index (χ1v) is 8.22. The molecule has 1 aliphatic heterocycles. The van der Waals surface area contributed by atoms with Crippen LogP contribution in [0.2, 0.25) is 0 Å². The predicted octanol–water partition coefficient (Wildman–Crippen LogP) is 3.18. The molecule has 7 heteroatoms. The Balaban J connectivity index is 1.65. The molecule has 3 rings (SSSR count). The largest absolute Gasteiger partial charge is 0.495 e. The van der Waals surface area contributed by atoms with Gasteiger partial charge in [0.1, 0.15) is 19.0 Å². The molecule has 2 aromatic rings. The average Bonchev–Trinajstić information content (AvgIpc) is 2.66. The second-order valence-corrected chi connectivity index (χ2v) is 5.73. The molecule has 1 aliphatic rings.